The average Bonchev–Trinajstić information content (AvgIpc) is 2.45. The van der Waals surface area contributed by atoms with E-state index in [9.17, 15) is 9.59 Å². The zero-order valence-corrected chi connectivity index (χ0v) is 11.8. The Morgan fingerprint density at radius 2 is 1.75 bits per heavy atom. The Morgan fingerprint density at radius 3 is 2.35 bits per heavy atom. The van der Waals surface area contributed by atoms with E-state index in [1.165, 1.54) is 24.9 Å². The summed E-state index contributed by atoms with van der Waals surface area (Å²) in [5.41, 5.74) is 5.62. The van der Waals surface area contributed by atoms with E-state index in [0.717, 1.165) is 4.57 Å². The van der Waals surface area contributed by atoms with Crippen LogP contribution in [0, 0.1) is 0 Å². The van der Waals surface area contributed by atoms with E-state index in [0.29, 0.717) is 10.7 Å². The fourth-order valence-electron chi connectivity index (χ4n) is 1.67. The molecule has 6 nitrogen and oxygen atoms in total. The Kier molecular flexibility index (Phi) is 3.76. The predicted octanol–water partition coefficient (Wildman–Crippen LogP) is 1.07. The molecule has 2 aromatic rings. The molecule has 0 bridgehead atoms. The number of nitrogen functional groups attached to an aromatic ring is 1. The molecular weight excluding hydrogens is 280 g/mol. The minimum Gasteiger partial charge on any atom is -0.384 e. The summed E-state index contributed by atoms with van der Waals surface area (Å²) in [6.45, 7) is 0. The van der Waals surface area contributed by atoms with Crippen LogP contribution in [0.4, 0.5) is 11.5 Å². The van der Waals surface area contributed by atoms with E-state index < -0.39 is 11.2 Å². The van der Waals surface area contributed by atoms with Gasteiger partial charge < -0.3 is 5.73 Å². The predicted molar refractivity (Wildman–Crippen MR) is 80.0 cm³/mol. The first-order valence-corrected chi connectivity index (χ1v) is 6.14. The topological polar surface area (TPSA) is 82.4 Å². The first kappa shape index (κ1) is 14.1. The van der Waals surface area contributed by atoms with Crippen molar-refractivity contribution in [2.75, 3.05) is 5.73 Å². The molecule has 0 unspecified atom stereocenters. The normalized spacial score (nSPS) is 11.2. The van der Waals surface area contributed by atoms with Gasteiger partial charge in [0.25, 0.3) is 5.56 Å². The zero-order chi connectivity index (χ0) is 14.9. The molecule has 0 radical (unpaired) electrons. The lowest BCUT2D eigenvalue weighted by Gasteiger charge is -2.08. The van der Waals surface area contributed by atoms with Crippen molar-refractivity contribution in [2.45, 2.75) is 0 Å². The van der Waals surface area contributed by atoms with Gasteiger partial charge in [0.05, 0.1) is 11.3 Å². The van der Waals surface area contributed by atoms with Crippen molar-refractivity contribution >= 4 is 29.3 Å². The van der Waals surface area contributed by atoms with E-state index in [1.54, 1.807) is 24.3 Å². The number of aromatic nitrogens is 2. The molecule has 0 saturated carbocycles. The van der Waals surface area contributed by atoms with E-state index in [2.05, 4.69) is 4.99 Å². The minimum atomic E-state index is -0.483. The summed E-state index contributed by atoms with van der Waals surface area (Å²) in [5, 5.41) is 0.599. The summed E-state index contributed by atoms with van der Waals surface area (Å²) < 4.78 is 2.18. The lowest BCUT2D eigenvalue weighted by molar-refractivity contribution is 0.692. The van der Waals surface area contributed by atoms with Crippen LogP contribution in [0.25, 0.3) is 0 Å². The van der Waals surface area contributed by atoms with Crippen LogP contribution in [-0.4, -0.2) is 15.3 Å². The molecule has 0 atom stereocenters. The maximum atomic E-state index is 12.0. The van der Waals surface area contributed by atoms with Crippen molar-refractivity contribution in [1.82, 2.24) is 9.13 Å². The molecule has 0 aliphatic heterocycles. The lowest BCUT2D eigenvalue weighted by Crippen LogP contribution is -2.40. The van der Waals surface area contributed by atoms with Crippen LogP contribution in [0.1, 0.15) is 5.56 Å². The van der Waals surface area contributed by atoms with Crippen molar-refractivity contribution in [3.63, 3.8) is 0 Å². The SMILES string of the molecule is Cn1c(N)c(C=Nc2ccc(Cl)cc2)c(=O)n(C)c1=O. The first-order chi connectivity index (χ1) is 9.41. The fourth-order valence-corrected chi connectivity index (χ4v) is 1.80. The molecule has 0 saturated heterocycles. The number of nitrogens with two attached hydrogens (primary N) is 1. The molecule has 0 aliphatic carbocycles. The number of rotatable bonds is 2. The van der Waals surface area contributed by atoms with Gasteiger partial charge in [-0.3, -0.25) is 18.9 Å². The molecule has 104 valence electrons. The Balaban J connectivity index is 2.52. The third-order valence-corrected chi connectivity index (χ3v) is 3.17. The Labute approximate surface area is 119 Å². The van der Waals surface area contributed by atoms with Gasteiger partial charge in [0.15, 0.2) is 0 Å². The smallest absolute Gasteiger partial charge is 0.332 e. The summed E-state index contributed by atoms with van der Waals surface area (Å²) in [4.78, 5) is 27.8. The van der Waals surface area contributed by atoms with Gasteiger partial charge in [-0.15, -0.1) is 0 Å². The fraction of sp³-hybridized carbons (Fsp3) is 0.154. The lowest BCUT2D eigenvalue weighted by atomic mass is 10.3. The van der Waals surface area contributed by atoms with Gasteiger partial charge in [-0.05, 0) is 24.3 Å². The van der Waals surface area contributed by atoms with E-state index in [-0.39, 0.29) is 11.4 Å². The third kappa shape index (κ3) is 2.50. The maximum absolute atomic E-state index is 12.0. The molecule has 2 rings (SSSR count). The number of hydrogen-bond donors (Lipinski definition) is 1. The number of aliphatic imine (C=N–C) groups is 1. The highest BCUT2D eigenvalue weighted by molar-refractivity contribution is 6.30. The van der Waals surface area contributed by atoms with Crippen molar-refractivity contribution in [2.24, 2.45) is 19.1 Å². The van der Waals surface area contributed by atoms with E-state index in [4.69, 9.17) is 17.3 Å². The number of nitrogens with zero attached hydrogens (tertiary/aromatic N) is 3. The summed E-state index contributed by atoms with van der Waals surface area (Å²) in [7, 11) is 2.89. The summed E-state index contributed by atoms with van der Waals surface area (Å²) >= 11 is 5.78. The molecule has 1 aromatic heterocycles. The first-order valence-electron chi connectivity index (χ1n) is 5.77. The highest BCUT2D eigenvalue weighted by atomic mass is 35.5. The number of anilines is 1. The van der Waals surface area contributed by atoms with Crippen LogP contribution in [0.15, 0.2) is 38.8 Å². The Morgan fingerprint density at radius 1 is 1.15 bits per heavy atom. The molecule has 0 amide bonds. The second-order valence-corrected chi connectivity index (χ2v) is 4.68. The highest BCUT2D eigenvalue weighted by Gasteiger charge is 2.10. The zero-order valence-electron chi connectivity index (χ0n) is 11.0. The number of benzene rings is 1. The van der Waals surface area contributed by atoms with Gasteiger partial charge in [0.1, 0.15) is 5.82 Å². The molecule has 0 aliphatic rings. The van der Waals surface area contributed by atoms with Crippen LogP contribution in [0.2, 0.25) is 5.02 Å². The monoisotopic (exact) mass is 292 g/mol. The van der Waals surface area contributed by atoms with Crippen LogP contribution in [-0.2, 0) is 14.1 Å². The maximum Gasteiger partial charge on any atom is 0.332 e. The van der Waals surface area contributed by atoms with Gasteiger partial charge in [0.2, 0.25) is 0 Å². The quantitative estimate of drug-likeness (QED) is 0.841. The molecular formula is C13H13ClN4O2. The summed E-state index contributed by atoms with van der Waals surface area (Å²) in [6, 6.07) is 6.80. The molecule has 1 heterocycles. The standard InChI is InChI=1S/C13H13ClN4O2/c1-17-11(15)10(12(19)18(2)13(17)20)7-16-9-5-3-8(14)4-6-9/h3-7H,15H2,1-2H3. The van der Waals surface area contributed by atoms with Crippen LogP contribution >= 0.6 is 11.6 Å². The molecule has 7 heteroatoms. The minimum absolute atomic E-state index is 0.0795. The second kappa shape index (κ2) is 5.34. The Hall–Kier alpha value is -2.34. The second-order valence-electron chi connectivity index (χ2n) is 4.24. The van der Waals surface area contributed by atoms with Gasteiger partial charge >= 0.3 is 5.69 Å². The van der Waals surface area contributed by atoms with Crippen molar-refractivity contribution in [3.8, 4) is 0 Å². The van der Waals surface area contributed by atoms with E-state index >= 15 is 0 Å². The average molecular weight is 293 g/mol. The molecule has 2 N–H and O–H groups in total. The van der Waals surface area contributed by atoms with Gasteiger partial charge in [-0.1, -0.05) is 11.6 Å². The molecule has 0 spiro atoms. The molecule has 1 aromatic carbocycles. The number of hydrogen-bond acceptors (Lipinski definition) is 4. The van der Waals surface area contributed by atoms with Crippen LogP contribution in [0.3, 0.4) is 0 Å². The van der Waals surface area contributed by atoms with Crippen molar-refractivity contribution < 1.29 is 0 Å². The van der Waals surface area contributed by atoms with Gasteiger partial charge in [0, 0.05) is 25.3 Å². The van der Waals surface area contributed by atoms with E-state index in [1.807, 2.05) is 0 Å². The van der Waals surface area contributed by atoms with Gasteiger partial charge in [-0.2, -0.15) is 0 Å². The highest BCUT2D eigenvalue weighted by Crippen LogP contribution is 2.16. The van der Waals surface area contributed by atoms with Crippen LogP contribution < -0.4 is 17.0 Å². The van der Waals surface area contributed by atoms with Crippen LogP contribution in [0.5, 0.6) is 0 Å². The third-order valence-electron chi connectivity index (χ3n) is 2.92. The number of halogens is 1. The summed E-state index contributed by atoms with van der Waals surface area (Å²) in [6.07, 6.45) is 1.35. The van der Waals surface area contributed by atoms with Gasteiger partial charge in [-0.25, -0.2) is 4.79 Å². The summed E-state index contributed by atoms with van der Waals surface area (Å²) in [5.74, 6) is 0.0795. The van der Waals surface area contributed by atoms with Crippen molar-refractivity contribution in [1.29, 1.82) is 0 Å². The Bertz CT molecular complexity index is 788. The van der Waals surface area contributed by atoms with Crippen molar-refractivity contribution in [3.05, 3.63) is 55.7 Å². The molecule has 0 fully saturated rings. The molecule has 20 heavy (non-hydrogen) atoms. The largest absolute Gasteiger partial charge is 0.384 e.